The summed E-state index contributed by atoms with van der Waals surface area (Å²) >= 11 is 5.67. The molecule has 1 heterocycles. The average Bonchev–Trinajstić information content (AvgIpc) is 2.35. The second-order valence-electron chi connectivity index (χ2n) is 2.47. The summed E-state index contributed by atoms with van der Waals surface area (Å²) in [4.78, 5) is 21.0. The Morgan fingerprint density at radius 2 is 2.31 bits per heavy atom. The summed E-state index contributed by atoms with van der Waals surface area (Å²) in [5, 5.41) is 12.4. The highest BCUT2D eigenvalue weighted by atomic mass is 35.5. The van der Waals surface area contributed by atoms with Crippen molar-refractivity contribution in [3.8, 4) is 0 Å². The maximum absolute atomic E-state index is 10.8. The third kappa shape index (κ3) is 2.06. The number of ketones is 1. The van der Waals surface area contributed by atoms with Gasteiger partial charge in [0.05, 0.1) is 23.3 Å². The standard InChI is InChI=1S/C7H7ClN2O3/c1-10-5(4(8)3-9-10)2-6(11)7(12)13/h3H,2H2,1H3,(H,12,13). The molecule has 0 aliphatic rings. The van der Waals surface area contributed by atoms with E-state index in [2.05, 4.69) is 5.10 Å². The Kier molecular flexibility index (Phi) is 2.67. The summed E-state index contributed by atoms with van der Waals surface area (Å²) in [6, 6.07) is 0. The highest BCUT2D eigenvalue weighted by molar-refractivity contribution is 6.35. The molecule has 0 fully saturated rings. The molecule has 0 saturated carbocycles. The molecular weight excluding hydrogens is 196 g/mol. The number of carboxylic acids is 1. The molecule has 0 aliphatic heterocycles. The largest absolute Gasteiger partial charge is 0.475 e. The molecule has 0 radical (unpaired) electrons. The molecule has 1 rings (SSSR count). The van der Waals surface area contributed by atoms with Crippen LogP contribution in [0.5, 0.6) is 0 Å². The quantitative estimate of drug-likeness (QED) is 0.715. The zero-order valence-corrected chi connectivity index (χ0v) is 7.58. The number of Topliss-reactive ketones (excluding diaryl/α,β-unsaturated/α-hetero) is 1. The normalized spacial score (nSPS) is 10.0. The summed E-state index contributed by atoms with van der Waals surface area (Å²) in [6.45, 7) is 0. The van der Waals surface area contributed by atoms with Crippen LogP contribution in [0.1, 0.15) is 5.69 Å². The predicted octanol–water partition coefficient (Wildman–Crippen LogP) is 0.270. The van der Waals surface area contributed by atoms with Crippen LogP contribution in [0.25, 0.3) is 0 Å². The van der Waals surface area contributed by atoms with Gasteiger partial charge in [-0.2, -0.15) is 5.10 Å². The van der Waals surface area contributed by atoms with Gasteiger partial charge < -0.3 is 5.11 Å². The smallest absolute Gasteiger partial charge is 0.372 e. The Balaban J connectivity index is 2.85. The molecule has 0 aliphatic carbocycles. The molecule has 70 valence electrons. The van der Waals surface area contributed by atoms with Crippen LogP contribution in [-0.4, -0.2) is 26.6 Å². The Bertz CT molecular complexity index is 339. The molecule has 0 saturated heterocycles. The van der Waals surface area contributed by atoms with Gasteiger partial charge in [0.25, 0.3) is 0 Å². The molecule has 0 unspecified atom stereocenters. The van der Waals surface area contributed by atoms with Gasteiger partial charge in [-0.25, -0.2) is 4.79 Å². The number of carbonyl (C=O) groups is 2. The number of rotatable bonds is 3. The van der Waals surface area contributed by atoms with E-state index in [4.69, 9.17) is 16.7 Å². The fourth-order valence-corrected chi connectivity index (χ4v) is 1.10. The van der Waals surface area contributed by atoms with Gasteiger partial charge in [-0.1, -0.05) is 11.6 Å². The van der Waals surface area contributed by atoms with Crippen molar-refractivity contribution in [2.75, 3.05) is 0 Å². The number of halogens is 1. The van der Waals surface area contributed by atoms with Crippen molar-refractivity contribution >= 4 is 23.4 Å². The minimum absolute atomic E-state index is 0.231. The van der Waals surface area contributed by atoms with Crippen LogP contribution in [0.15, 0.2) is 6.20 Å². The van der Waals surface area contributed by atoms with Crippen molar-refractivity contribution in [2.24, 2.45) is 7.05 Å². The summed E-state index contributed by atoms with van der Waals surface area (Å²) in [7, 11) is 1.59. The zero-order valence-electron chi connectivity index (χ0n) is 6.82. The van der Waals surface area contributed by atoms with Crippen LogP contribution in [0.4, 0.5) is 0 Å². The highest BCUT2D eigenvalue weighted by Crippen LogP contribution is 2.14. The van der Waals surface area contributed by atoms with E-state index >= 15 is 0 Å². The van der Waals surface area contributed by atoms with E-state index < -0.39 is 11.8 Å². The zero-order chi connectivity index (χ0) is 10.0. The van der Waals surface area contributed by atoms with Crippen molar-refractivity contribution in [1.82, 2.24) is 9.78 Å². The molecule has 1 aromatic heterocycles. The van der Waals surface area contributed by atoms with E-state index in [1.54, 1.807) is 7.05 Å². The maximum atomic E-state index is 10.8. The first kappa shape index (κ1) is 9.73. The number of aryl methyl sites for hydroxylation is 1. The third-order valence-corrected chi connectivity index (χ3v) is 1.89. The van der Waals surface area contributed by atoms with Crippen LogP contribution in [0.3, 0.4) is 0 Å². The molecule has 0 aromatic carbocycles. The Morgan fingerprint density at radius 3 is 2.69 bits per heavy atom. The van der Waals surface area contributed by atoms with E-state index in [0.29, 0.717) is 10.7 Å². The molecule has 6 heteroatoms. The van der Waals surface area contributed by atoms with E-state index in [-0.39, 0.29) is 6.42 Å². The predicted molar refractivity (Wildman–Crippen MR) is 44.6 cm³/mol. The van der Waals surface area contributed by atoms with Gasteiger partial charge in [-0.3, -0.25) is 9.48 Å². The van der Waals surface area contributed by atoms with E-state index in [1.165, 1.54) is 10.9 Å². The van der Waals surface area contributed by atoms with Crippen molar-refractivity contribution in [1.29, 1.82) is 0 Å². The molecule has 1 aromatic rings. The van der Waals surface area contributed by atoms with Crippen molar-refractivity contribution in [2.45, 2.75) is 6.42 Å². The molecule has 0 amide bonds. The lowest BCUT2D eigenvalue weighted by molar-refractivity contribution is -0.148. The van der Waals surface area contributed by atoms with Crippen LogP contribution in [-0.2, 0) is 23.1 Å². The SMILES string of the molecule is Cn1ncc(Cl)c1CC(=O)C(=O)O. The number of aromatic nitrogens is 2. The fraction of sp³-hybridized carbons (Fsp3) is 0.286. The molecule has 13 heavy (non-hydrogen) atoms. The molecule has 0 atom stereocenters. The number of aliphatic carboxylic acids is 1. The Labute approximate surface area is 78.9 Å². The number of carboxylic acid groups (broad SMARTS) is 1. The number of nitrogens with zero attached hydrogens (tertiary/aromatic N) is 2. The molecule has 0 spiro atoms. The summed E-state index contributed by atoms with van der Waals surface area (Å²) in [5.74, 6) is -2.36. The lowest BCUT2D eigenvalue weighted by Crippen LogP contribution is -2.17. The molecule has 5 nitrogen and oxygen atoms in total. The summed E-state index contributed by atoms with van der Waals surface area (Å²) in [5.41, 5.74) is 0.411. The molecular formula is C7H7ClN2O3. The molecule has 1 N–H and O–H groups in total. The summed E-state index contributed by atoms with van der Waals surface area (Å²) in [6.07, 6.45) is 1.14. The minimum atomic E-state index is -1.46. The first-order valence-corrected chi connectivity index (χ1v) is 3.82. The van der Waals surface area contributed by atoms with Gasteiger partial charge in [0.2, 0.25) is 5.78 Å². The van der Waals surface area contributed by atoms with Crippen molar-refractivity contribution < 1.29 is 14.7 Å². The number of hydrogen-bond donors (Lipinski definition) is 1. The van der Waals surface area contributed by atoms with E-state index in [0.717, 1.165) is 0 Å². The van der Waals surface area contributed by atoms with Gasteiger partial charge in [0.1, 0.15) is 0 Å². The van der Waals surface area contributed by atoms with Crippen molar-refractivity contribution in [3.63, 3.8) is 0 Å². The molecule has 0 bridgehead atoms. The van der Waals surface area contributed by atoms with E-state index in [9.17, 15) is 9.59 Å². The van der Waals surface area contributed by atoms with Crippen LogP contribution in [0.2, 0.25) is 5.02 Å². The first-order chi connectivity index (χ1) is 6.02. The lowest BCUT2D eigenvalue weighted by Gasteiger charge is -1.98. The van der Waals surface area contributed by atoms with Crippen LogP contribution < -0.4 is 0 Å². The monoisotopic (exact) mass is 202 g/mol. The van der Waals surface area contributed by atoms with Gasteiger partial charge >= 0.3 is 5.97 Å². The Hall–Kier alpha value is -1.36. The first-order valence-electron chi connectivity index (χ1n) is 3.45. The van der Waals surface area contributed by atoms with Gasteiger partial charge in [-0.15, -0.1) is 0 Å². The van der Waals surface area contributed by atoms with Gasteiger partial charge in [-0.05, 0) is 0 Å². The van der Waals surface area contributed by atoms with E-state index in [1.807, 2.05) is 0 Å². The van der Waals surface area contributed by atoms with Crippen LogP contribution in [0, 0.1) is 0 Å². The third-order valence-electron chi connectivity index (χ3n) is 1.58. The fourth-order valence-electron chi connectivity index (χ4n) is 0.863. The average molecular weight is 203 g/mol. The maximum Gasteiger partial charge on any atom is 0.372 e. The minimum Gasteiger partial charge on any atom is -0.475 e. The topological polar surface area (TPSA) is 72.2 Å². The lowest BCUT2D eigenvalue weighted by atomic mass is 10.2. The Morgan fingerprint density at radius 1 is 1.69 bits per heavy atom. The second kappa shape index (κ2) is 3.57. The van der Waals surface area contributed by atoms with Crippen molar-refractivity contribution in [3.05, 3.63) is 16.9 Å². The number of carbonyl (C=O) groups excluding carboxylic acids is 1. The van der Waals surface area contributed by atoms with Crippen LogP contribution >= 0.6 is 11.6 Å². The summed E-state index contributed by atoms with van der Waals surface area (Å²) < 4.78 is 1.38. The number of hydrogen-bond acceptors (Lipinski definition) is 3. The van der Waals surface area contributed by atoms with Gasteiger partial charge in [0, 0.05) is 7.05 Å². The van der Waals surface area contributed by atoms with Gasteiger partial charge in [0.15, 0.2) is 0 Å². The highest BCUT2D eigenvalue weighted by Gasteiger charge is 2.16. The second-order valence-corrected chi connectivity index (χ2v) is 2.88.